The molecule has 0 saturated heterocycles. The number of carbonyl (C=O) groups is 1. The fraction of sp³-hybridized carbons (Fsp3) is 0.400. The molecule has 0 aliphatic heterocycles. The van der Waals surface area contributed by atoms with Crippen molar-refractivity contribution in [2.24, 2.45) is 0 Å². The van der Waals surface area contributed by atoms with Crippen molar-refractivity contribution in [3.8, 4) is 0 Å². The van der Waals surface area contributed by atoms with Crippen LogP contribution in [0.2, 0.25) is 0 Å². The van der Waals surface area contributed by atoms with Crippen LogP contribution in [0.15, 0.2) is 18.5 Å². The highest BCUT2D eigenvalue weighted by molar-refractivity contribution is 5.78. The van der Waals surface area contributed by atoms with E-state index in [9.17, 15) is 9.18 Å². The number of hydrogen-bond acceptors (Lipinski definition) is 2. The van der Waals surface area contributed by atoms with Crippen LogP contribution in [0.1, 0.15) is 25.3 Å². The summed E-state index contributed by atoms with van der Waals surface area (Å²) >= 11 is 0. The molecule has 0 radical (unpaired) electrons. The number of carbonyl (C=O) groups excluding carboxylic acids is 1. The van der Waals surface area contributed by atoms with E-state index in [0.717, 1.165) is 0 Å². The van der Waals surface area contributed by atoms with Crippen molar-refractivity contribution in [1.29, 1.82) is 0 Å². The molecule has 1 heterocycles. The van der Waals surface area contributed by atoms with Crippen molar-refractivity contribution < 1.29 is 9.18 Å². The lowest BCUT2D eigenvalue weighted by Crippen LogP contribution is -1.99. The predicted molar refractivity (Wildman–Crippen MR) is 47.8 cm³/mol. The second-order valence-electron chi connectivity index (χ2n) is 2.86. The molecular weight excluding hydrogens is 169 g/mol. The first kappa shape index (κ1) is 9.84. The molecule has 0 fully saturated rings. The lowest BCUT2D eigenvalue weighted by Gasteiger charge is -2.00. The SMILES string of the molecule is CCC(=O)CCc1ccncc1F. The smallest absolute Gasteiger partial charge is 0.144 e. The Balaban J connectivity index is 2.54. The summed E-state index contributed by atoms with van der Waals surface area (Å²) in [6.45, 7) is 1.81. The van der Waals surface area contributed by atoms with Crippen molar-refractivity contribution in [3.05, 3.63) is 29.8 Å². The lowest BCUT2D eigenvalue weighted by atomic mass is 10.1. The second kappa shape index (κ2) is 4.70. The van der Waals surface area contributed by atoms with E-state index in [0.29, 0.717) is 24.8 Å². The number of aryl methyl sites for hydroxylation is 1. The highest BCUT2D eigenvalue weighted by Gasteiger charge is 2.03. The molecule has 1 rings (SSSR count). The van der Waals surface area contributed by atoms with Crippen molar-refractivity contribution in [2.45, 2.75) is 26.2 Å². The number of nitrogens with zero attached hydrogens (tertiary/aromatic N) is 1. The van der Waals surface area contributed by atoms with E-state index < -0.39 is 0 Å². The molecule has 2 nitrogen and oxygen atoms in total. The van der Waals surface area contributed by atoms with E-state index in [-0.39, 0.29) is 11.6 Å². The highest BCUT2D eigenvalue weighted by Crippen LogP contribution is 2.07. The fourth-order valence-electron chi connectivity index (χ4n) is 1.06. The van der Waals surface area contributed by atoms with E-state index >= 15 is 0 Å². The first-order valence-corrected chi connectivity index (χ1v) is 4.34. The summed E-state index contributed by atoms with van der Waals surface area (Å²) in [5.74, 6) is -0.164. The Morgan fingerprint density at radius 1 is 1.62 bits per heavy atom. The maximum atomic E-state index is 13.0. The molecule has 1 aromatic rings. The van der Waals surface area contributed by atoms with Crippen LogP contribution in [0.3, 0.4) is 0 Å². The zero-order valence-corrected chi connectivity index (χ0v) is 7.59. The highest BCUT2D eigenvalue weighted by atomic mass is 19.1. The number of ketones is 1. The molecule has 0 saturated carbocycles. The van der Waals surface area contributed by atoms with Gasteiger partial charge in [0, 0.05) is 19.0 Å². The van der Waals surface area contributed by atoms with Crippen LogP contribution in [-0.2, 0) is 11.2 Å². The Kier molecular flexibility index (Phi) is 3.55. The van der Waals surface area contributed by atoms with Crippen LogP contribution in [0.25, 0.3) is 0 Å². The van der Waals surface area contributed by atoms with Crippen LogP contribution in [0, 0.1) is 5.82 Å². The number of aromatic nitrogens is 1. The van der Waals surface area contributed by atoms with Gasteiger partial charge in [-0.15, -0.1) is 0 Å². The van der Waals surface area contributed by atoms with Crippen LogP contribution in [0.4, 0.5) is 4.39 Å². The van der Waals surface area contributed by atoms with Gasteiger partial charge in [0.25, 0.3) is 0 Å². The molecule has 1 aromatic heterocycles. The van der Waals surface area contributed by atoms with E-state index in [1.54, 1.807) is 6.07 Å². The van der Waals surface area contributed by atoms with Crippen LogP contribution >= 0.6 is 0 Å². The van der Waals surface area contributed by atoms with Crippen molar-refractivity contribution >= 4 is 5.78 Å². The van der Waals surface area contributed by atoms with E-state index in [1.807, 2.05) is 6.92 Å². The van der Waals surface area contributed by atoms with Gasteiger partial charge in [-0.25, -0.2) is 4.39 Å². The van der Waals surface area contributed by atoms with Gasteiger partial charge in [-0.05, 0) is 18.1 Å². The van der Waals surface area contributed by atoms with Crippen molar-refractivity contribution in [2.75, 3.05) is 0 Å². The van der Waals surface area contributed by atoms with E-state index in [2.05, 4.69) is 4.98 Å². The first-order chi connectivity index (χ1) is 6.24. The first-order valence-electron chi connectivity index (χ1n) is 4.34. The topological polar surface area (TPSA) is 30.0 Å². The van der Waals surface area contributed by atoms with Gasteiger partial charge < -0.3 is 0 Å². The van der Waals surface area contributed by atoms with Gasteiger partial charge in [-0.1, -0.05) is 6.92 Å². The van der Waals surface area contributed by atoms with Crippen molar-refractivity contribution in [1.82, 2.24) is 4.98 Å². The zero-order chi connectivity index (χ0) is 9.68. The van der Waals surface area contributed by atoms with Crippen molar-refractivity contribution in [3.63, 3.8) is 0 Å². The number of hydrogen-bond donors (Lipinski definition) is 0. The molecular formula is C10H12FNO. The van der Waals surface area contributed by atoms with Gasteiger partial charge >= 0.3 is 0 Å². The standard InChI is InChI=1S/C10H12FNO/c1-2-9(13)4-3-8-5-6-12-7-10(8)11/h5-7H,2-4H2,1H3. The van der Waals surface area contributed by atoms with Gasteiger partial charge in [0.1, 0.15) is 11.6 Å². The molecule has 0 N–H and O–H groups in total. The molecule has 0 aliphatic rings. The fourth-order valence-corrected chi connectivity index (χ4v) is 1.06. The monoisotopic (exact) mass is 181 g/mol. The average Bonchev–Trinajstić information content (AvgIpc) is 2.16. The molecule has 70 valence electrons. The molecule has 0 unspecified atom stereocenters. The molecule has 0 aliphatic carbocycles. The summed E-state index contributed by atoms with van der Waals surface area (Å²) in [5.41, 5.74) is 0.566. The summed E-state index contributed by atoms with van der Waals surface area (Å²) in [6.07, 6.45) is 4.12. The number of Topliss-reactive ketones (excluding diaryl/α,β-unsaturated/α-hetero) is 1. The van der Waals surface area contributed by atoms with E-state index in [1.165, 1.54) is 12.4 Å². The number of halogens is 1. The number of rotatable bonds is 4. The Hall–Kier alpha value is -1.25. The Bertz CT molecular complexity index is 299. The van der Waals surface area contributed by atoms with Crippen LogP contribution < -0.4 is 0 Å². The number of pyridine rings is 1. The quantitative estimate of drug-likeness (QED) is 0.712. The summed E-state index contributed by atoms with van der Waals surface area (Å²) in [5, 5.41) is 0. The molecule has 13 heavy (non-hydrogen) atoms. The Labute approximate surface area is 76.8 Å². The summed E-state index contributed by atoms with van der Waals surface area (Å²) in [6, 6.07) is 1.61. The van der Waals surface area contributed by atoms with Crippen LogP contribution in [0.5, 0.6) is 0 Å². The molecule has 0 atom stereocenters. The third-order valence-corrected chi connectivity index (χ3v) is 1.92. The van der Waals surface area contributed by atoms with Gasteiger partial charge in [0.05, 0.1) is 6.20 Å². The summed E-state index contributed by atoms with van der Waals surface area (Å²) in [7, 11) is 0. The molecule has 0 aromatic carbocycles. The second-order valence-corrected chi connectivity index (χ2v) is 2.86. The van der Waals surface area contributed by atoms with Gasteiger partial charge in [0.15, 0.2) is 0 Å². The molecule has 3 heteroatoms. The predicted octanol–water partition coefficient (Wildman–Crippen LogP) is 2.13. The molecule has 0 spiro atoms. The normalized spacial score (nSPS) is 10.0. The summed E-state index contributed by atoms with van der Waals surface area (Å²) < 4.78 is 13.0. The average molecular weight is 181 g/mol. The molecule has 0 bridgehead atoms. The third-order valence-electron chi connectivity index (χ3n) is 1.92. The largest absolute Gasteiger partial charge is 0.300 e. The third kappa shape index (κ3) is 2.93. The minimum atomic E-state index is -0.327. The Morgan fingerprint density at radius 2 is 2.38 bits per heavy atom. The lowest BCUT2D eigenvalue weighted by molar-refractivity contribution is -0.118. The maximum Gasteiger partial charge on any atom is 0.144 e. The molecule has 0 amide bonds. The van der Waals surface area contributed by atoms with Gasteiger partial charge in [-0.2, -0.15) is 0 Å². The zero-order valence-electron chi connectivity index (χ0n) is 7.59. The minimum absolute atomic E-state index is 0.163. The maximum absolute atomic E-state index is 13.0. The van der Waals surface area contributed by atoms with E-state index in [4.69, 9.17) is 0 Å². The Morgan fingerprint density at radius 3 is 3.00 bits per heavy atom. The van der Waals surface area contributed by atoms with Gasteiger partial charge in [0.2, 0.25) is 0 Å². The minimum Gasteiger partial charge on any atom is -0.300 e. The summed E-state index contributed by atoms with van der Waals surface area (Å²) in [4.78, 5) is 14.6. The van der Waals surface area contributed by atoms with Crippen LogP contribution in [-0.4, -0.2) is 10.8 Å². The van der Waals surface area contributed by atoms with Gasteiger partial charge in [-0.3, -0.25) is 9.78 Å².